The molecule has 2 aliphatic rings. The molecule has 2 heterocycles. The molecule has 1 amide bonds. The molecule has 1 N–H and O–H groups in total. The number of nitro groups is 1. The molecule has 6 nitrogen and oxygen atoms in total. The number of hydrogen-bond donors (Lipinski definition) is 1. The van der Waals surface area contributed by atoms with Gasteiger partial charge in [0.15, 0.2) is 0 Å². The topological polar surface area (TPSA) is 75.5 Å². The van der Waals surface area contributed by atoms with E-state index >= 15 is 0 Å². The molecule has 1 aromatic rings. The second-order valence-corrected chi connectivity index (χ2v) is 6.90. The second-order valence-electron chi connectivity index (χ2n) is 5.75. The third-order valence-corrected chi connectivity index (χ3v) is 5.16. The number of hydrogen-bond acceptors (Lipinski definition) is 5. The molecule has 0 aromatic carbocycles. The van der Waals surface area contributed by atoms with Crippen molar-refractivity contribution in [1.29, 1.82) is 0 Å². The fraction of sp³-hybridized carbons (Fsp3) is 0.643. The summed E-state index contributed by atoms with van der Waals surface area (Å²) in [6.07, 6.45) is 4.06. The van der Waals surface area contributed by atoms with E-state index in [9.17, 15) is 14.9 Å². The Kier molecular flexibility index (Phi) is 4.21. The van der Waals surface area contributed by atoms with Crippen LogP contribution in [0.2, 0.25) is 0 Å². The van der Waals surface area contributed by atoms with Crippen molar-refractivity contribution in [3.63, 3.8) is 0 Å². The lowest BCUT2D eigenvalue weighted by atomic mass is 10.0. The van der Waals surface area contributed by atoms with Gasteiger partial charge in [-0.25, -0.2) is 0 Å². The summed E-state index contributed by atoms with van der Waals surface area (Å²) in [4.78, 5) is 25.2. The third kappa shape index (κ3) is 3.59. The SMILES string of the molecule is O=C(C1CC1)N1CCC(NCc2ccc([N+](=O)[O-])s2)CC1. The highest BCUT2D eigenvalue weighted by Crippen LogP contribution is 2.32. The van der Waals surface area contributed by atoms with E-state index in [0.717, 1.165) is 43.6 Å². The van der Waals surface area contributed by atoms with Crippen molar-refractivity contribution in [2.45, 2.75) is 38.3 Å². The molecule has 7 heteroatoms. The van der Waals surface area contributed by atoms with E-state index in [1.807, 2.05) is 11.0 Å². The predicted octanol–water partition coefficient (Wildman–Crippen LogP) is 2.15. The summed E-state index contributed by atoms with van der Waals surface area (Å²) >= 11 is 1.22. The van der Waals surface area contributed by atoms with Crippen molar-refractivity contribution >= 4 is 22.2 Å². The van der Waals surface area contributed by atoms with Crippen LogP contribution >= 0.6 is 11.3 Å². The van der Waals surface area contributed by atoms with Crippen LogP contribution in [0.3, 0.4) is 0 Å². The number of rotatable bonds is 5. The highest BCUT2D eigenvalue weighted by molar-refractivity contribution is 7.15. The molecule has 1 aliphatic heterocycles. The Bertz CT molecular complexity index is 533. The van der Waals surface area contributed by atoms with Crippen molar-refractivity contribution in [2.75, 3.05) is 13.1 Å². The number of carbonyl (C=O) groups excluding carboxylic acids is 1. The van der Waals surface area contributed by atoms with E-state index in [2.05, 4.69) is 5.32 Å². The van der Waals surface area contributed by atoms with Crippen LogP contribution in [-0.4, -0.2) is 34.9 Å². The molecule has 0 atom stereocenters. The number of carbonyl (C=O) groups is 1. The lowest BCUT2D eigenvalue weighted by molar-refractivity contribution is -0.380. The summed E-state index contributed by atoms with van der Waals surface area (Å²) in [5, 5.41) is 14.3. The molecule has 3 rings (SSSR count). The van der Waals surface area contributed by atoms with Crippen molar-refractivity contribution in [2.24, 2.45) is 5.92 Å². The van der Waals surface area contributed by atoms with Crippen LogP contribution in [0.5, 0.6) is 0 Å². The van der Waals surface area contributed by atoms with Gasteiger partial charge >= 0.3 is 5.00 Å². The molecule has 0 radical (unpaired) electrons. The second kappa shape index (κ2) is 6.11. The number of thiophene rings is 1. The van der Waals surface area contributed by atoms with Gasteiger partial charge in [-0.3, -0.25) is 14.9 Å². The lowest BCUT2D eigenvalue weighted by Gasteiger charge is -2.32. The Labute approximate surface area is 127 Å². The molecule has 1 aliphatic carbocycles. The van der Waals surface area contributed by atoms with Gasteiger partial charge in [0.25, 0.3) is 0 Å². The fourth-order valence-electron chi connectivity index (χ4n) is 2.70. The number of likely N-dealkylation sites (tertiary alicyclic amines) is 1. The zero-order valence-corrected chi connectivity index (χ0v) is 12.6. The third-order valence-electron chi connectivity index (χ3n) is 4.13. The average Bonchev–Trinajstić information content (AvgIpc) is 3.23. The zero-order chi connectivity index (χ0) is 14.8. The van der Waals surface area contributed by atoms with E-state index < -0.39 is 0 Å². The highest BCUT2D eigenvalue weighted by atomic mass is 32.1. The van der Waals surface area contributed by atoms with Crippen LogP contribution in [-0.2, 0) is 11.3 Å². The molecule has 1 saturated carbocycles. The van der Waals surface area contributed by atoms with Crippen molar-refractivity contribution in [3.8, 4) is 0 Å². The van der Waals surface area contributed by atoms with Crippen LogP contribution in [0.1, 0.15) is 30.6 Å². The van der Waals surface area contributed by atoms with Crippen molar-refractivity contribution < 1.29 is 9.72 Å². The first-order chi connectivity index (χ1) is 10.1. The maximum Gasteiger partial charge on any atom is 0.324 e. The minimum atomic E-state index is -0.351. The summed E-state index contributed by atoms with van der Waals surface area (Å²) < 4.78 is 0. The Hall–Kier alpha value is -1.47. The summed E-state index contributed by atoms with van der Waals surface area (Å²) in [5.41, 5.74) is 0. The number of amides is 1. The van der Waals surface area contributed by atoms with Gasteiger partial charge in [0.2, 0.25) is 5.91 Å². The molecule has 2 fully saturated rings. The normalized spacial score (nSPS) is 19.7. The van der Waals surface area contributed by atoms with Crippen LogP contribution < -0.4 is 5.32 Å². The number of piperidine rings is 1. The Morgan fingerprint density at radius 3 is 2.62 bits per heavy atom. The highest BCUT2D eigenvalue weighted by Gasteiger charge is 2.34. The first kappa shape index (κ1) is 14.5. The molecule has 0 spiro atoms. The minimum Gasteiger partial charge on any atom is -0.342 e. The van der Waals surface area contributed by atoms with E-state index in [0.29, 0.717) is 24.4 Å². The summed E-state index contributed by atoms with van der Waals surface area (Å²) in [6.45, 7) is 2.33. The molecular formula is C14H19N3O3S. The standard InChI is InChI=1S/C14H19N3O3S/c18-14(10-1-2-10)16-7-5-11(6-8-16)15-9-12-3-4-13(21-12)17(19)20/h3-4,10-11,15H,1-2,5-9H2. The van der Waals surface area contributed by atoms with Crippen molar-refractivity contribution in [3.05, 3.63) is 27.1 Å². The summed E-state index contributed by atoms with van der Waals surface area (Å²) in [6, 6.07) is 3.76. The maximum absolute atomic E-state index is 12.0. The average molecular weight is 309 g/mol. The Morgan fingerprint density at radius 1 is 1.33 bits per heavy atom. The maximum atomic E-state index is 12.0. The van der Waals surface area contributed by atoms with Crippen LogP contribution in [0.15, 0.2) is 12.1 Å². The molecule has 1 saturated heterocycles. The molecular weight excluding hydrogens is 290 g/mol. The predicted molar refractivity (Wildman–Crippen MR) is 80.1 cm³/mol. The van der Waals surface area contributed by atoms with E-state index in [1.165, 1.54) is 11.3 Å². The number of nitrogens with one attached hydrogen (secondary N) is 1. The minimum absolute atomic E-state index is 0.191. The summed E-state index contributed by atoms with van der Waals surface area (Å²) in [5.74, 6) is 0.642. The first-order valence-electron chi connectivity index (χ1n) is 7.39. The fourth-order valence-corrected chi connectivity index (χ4v) is 3.47. The molecule has 0 bridgehead atoms. The van der Waals surface area contributed by atoms with Crippen LogP contribution in [0.25, 0.3) is 0 Å². The van der Waals surface area contributed by atoms with Gasteiger partial charge in [-0.05, 0) is 31.7 Å². The monoisotopic (exact) mass is 309 g/mol. The summed E-state index contributed by atoms with van der Waals surface area (Å²) in [7, 11) is 0. The largest absolute Gasteiger partial charge is 0.342 e. The van der Waals surface area contributed by atoms with E-state index in [-0.39, 0.29) is 9.92 Å². The van der Waals surface area contributed by atoms with Gasteiger partial charge in [0.1, 0.15) is 0 Å². The van der Waals surface area contributed by atoms with Crippen molar-refractivity contribution in [1.82, 2.24) is 10.2 Å². The van der Waals surface area contributed by atoms with Gasteiger partial charge in [-0.2, -0.15) is 0 Å². The van der Waals surface area contributed by atoms with Gasteiger partial charge in [0.05, 0.1) is 4.92 Å². The van der Waals surface area contributed by atoms with Gasteiger partial charge in [-0.1, -0.05) is 11.3 Å². The van der Waals surface area contributed by atoms with Gasteiger partial charge in [-0.15, -0.1) is 0 Å². The van der Waals surface area contributed by atoms with E-state index in [4.69, 9.17) is 0 Å². The van der Waals surface area contributed by atoms with Crippen LogP contribution in [0, 0.1) is 16.0 Å². The van der Waals surface area contributed by atoms with E-state index in [1.54, 1.807) is 6.07 Å². The quantitative estimate of drug-likeness (QED) is 0.668. The zero-order valence-electron chi connectivity index (χ0n) is 11.8. The molecule has 1 aromatic heterocycles. The van der Waals surface area contributed by atoms with Crippen LogP contribution in [0.4, 0.5) is 5.00 Å². The Balaban J connectivity index is 1.42. The lowest BCUT2D eigenvalue weighted by Crippen LogP contribution is -2.45. The molecule has 21 heavy (non-hydrogen) atoms. The number of nitrogens with zero attached hydrogens (tertiary/aromatic N) is 2. The first-order valence-corrected chi connectivity index (χ1v) is 8.20. The smallest absolute Gasteiger partial charge is 0.324 e. The Morgan fingerprint density at radius 2 is 2.05 bits per heavy atom. The van der Waals surface area contributed by atoms with Gasteiger partial charge in [0, 0.05) is 42.5 Å². The van der Waals surface area contributed by atoms with Gasteiger partial charge < -0.3 is 10.2 Å². The molecule has 114 valence electrons. The molecule has 0 unspecified atom stereocenters.